The summed E-state index contributed by atoms with van der Waals surface area (Å²) in [5.74, 6) is -0.401. The lowest BCUT2D eigenvalue weighted by Crippen LogP contribution is -2.34. The highest BCUT2D eigenvalue weighted by atomic mass is 32.2. The van der Waals surface area contributed by atoms with Gasteiger partial charge in [0.25, 0.3) is 0 Å². The molecule has 1 atom stereocenters. The smallest absolute Gasteiger partial charge is 0.407 e. The SMILES string of the molecule is CC(C)(C)OC(=O)NCCC(=O)Nc1cccc(S(=O)(=O)NC(Cc2cccc(C#N)c2)c2nccs2)c1. The Kier molecular flexibility index (Phi) is 9.57. The molecule has 0 spiro atoms. The number of anilines is 1. The molecule has 10 nitrogen and oxygen atoms in total. The lowest BCUT2D eigenvalue weighted by molar-refractivity contribution is -0.116. The molecule has 0 saturated heterocycles. The average Bonchev–Trinajstić information content (AvgIpc) is 3.38. The van der Waals surface area contributed by atoms with E-state index in [2.05, 4.69) is 26.4 Å². The maximum absolute atomic E-state index is 13.3. The number of hydrogen-bond donors (Lipinski definition) is 3. The van der Waals surface area contributed by atoms with Crippen molar-refractivity contribution in [3.63, 3.8) is 0 Å². The summed E-state index contributed by atoms with van der Waals surface area (Å²) in [6.45, 7) is 5.27. The number of alkyl carbamates (subject to hydrolysis) is 1. The van der Waals surface area contributed by atoms with Crippen molar-refractivity contribution in [2.24, 2.45) is 0 Å². The van der Waals surface area contributed by atoms with E-state index in [0.29, 0.717) is 22.7 Å². The zero-order chi connectivity index (χ0) is 27.8. The van der Waals surface area contributed by atoms with Crippen molar-refractivity contribution in [2.45, 2.75) is 50.2 Å². The summed E-state index contributed by atoms with van der Waals surface area (Å²) in [5, 5.41) is 16.7. The Balaban J connectivity index is 1.67. The predicted molar refractivity (Wildman–Crippen MR) is 144 cm³/mol. The van der Waals surface area contributed by atoms with Crippen molar-refractivity contribution in [3.8, 4) is 6.07 Å². The average molecular weight is 556 g/mol. The number of hydrogen-bond acceptors (Lipinski definition) is 8. The fourth-order valence-corrected chi connectivity index (χ4v) is 5.41. The second-order valence-electron chi connectivity index (χ2n) is 9.32. The van der Waals surface area contributed by atoms with Crippen LogP contribution in [-0.2, 0) is 26.0 Å². The summed E-state index contributed by atoms with van der Waals surface area (Å²) in [6.07, 6.45) is 1.24. The minimum absolute atomic E-state index is 0.0254. The topological polar surface area (TPSA) is 150 Å². The quantitative estimate of drug-likeness (QED) is 0.340. The van der Waals surface area contributed by atoms with Crippen LogP contribution in [0.5, 0.6) is 0 Å². The normalized spacial score (nSPS) is 12.3. The number of benzene rings is 2. The predicted octanol–water partition coefficient (Wildman–Crippen LogP) is 4.13. The van der Waals surface area contributed by atoms with Crippen LogP contribution in [0, 0.1) is 11.3 Å². The minimum Gasteiger partial charge on any atom is -0.444 e. The minimum atomic E-state index is -4.00. The Bertz CT molecular complexity index is 1410. The molecule has 3 rings (SSSR count). The number of carbonyl (C=O) groups is 2. The van der Waals surface area contributed by atoms with Gasteiger partial charge >= 0.3 is 6.09 Å². The molecule has 0 bridgehead atoms. The highest BCUT2D eigenvalue weighted by Crippen LogP contribution is 2.25. The molecule has 0 saturated carbocycles. The lowest BCUT2D eigenvalue weighted by Gasteiger charge is -2.19. The van der Waals surface area contributed by atoms with Crippen molar-refractivity contribution in [3.05, 3.63) is 76.2 Å². The number of thiazole rings is 1. The van der Waals surface area contributed by atoms with Crippen molar-refractivity contribution < 1.29 is 22.7 Å². The second kappa shape index (κ2) is 12.6. The van der Waals surface area contributed by atoms with Crippen molar-refractivity contribution in [2.75, 3.05) is 11.9 Å². The van der Waals surface area contributed by atoms with Crippen LogP contribution in [0.1, 0.15) is 49.4 Å². The maximum atomic E-state index is 13.3. The molecular weight excluding hydrogens is 526 g/mol. The largest absolute Gasteiger partial charge is 0.444 e. The van der Waals surface area contributed by atoms with Crippen molar-refractivity contribution in [1.82, 2.24) is 15.0 Å². The van der Waals surface area contributed by atoms with E-state index < -0.39 is 33.7 Å². The number of ether oxygens (including phenoxy) is 1. The first-order chi connectivity index (χ1) is 17.9. The second-order valence-corrected chi connectivity index (χ2v) is 12.0. The Labute approximate surface area is 226 Å². The Hall–Kier alpha value is -3.79. The van der Waals surface area contributed by atoms with Crippen molar-refractivity contribution in [1.29, 1.82) is 5.26 Å². The van der Waals surface area contributed by atoms with E-state index in [-0.39, 0.29) is 17.9 Å². The molecule has 0 aliphatic rings. The van der Waals surface area contributed by atoms with E-state index in [1.807, 2.05) is 6.07 Å². The zero-order valence-corrected chi connectivity index (χ0v) is 22.9. The first-order valence-corrected chi connectivity index (χ1v) is 14.1. The summed E-state index contributed by atoms with van der Waals surface area (Å²) in [4.78, 5) is 28.3. The van der Waals surface area contributed by atoms with E-state index in [1.165, 1.54) is 29.5 Å². The van der Waals surface area contributed by atoms with Crippen LogP contribution in [0.2, 0.25) is 0 Å². The molecule has 0 fully saturated rings. The van der Waals surface area contributed by atoms with Gasteiger partial charge in [-0.3, -0.25) is 4.79 Å². The zero-order valence-electron chi connectivity index (χ0n) is 21.2. The Morgan fingerprint density at radius 1 is 1.16 bits per heavy atom. The van der Waals surface area contributed by atoms with Crippen LogP contribution in [-0.4, -0.2) is 37.5 Å². The molecule has 1 heterocycles. The van der Waals surface area contributed by atoms with Crippen molar-refractivity contribution >= 4 is 39.0 Å². The molecule has 2 aromatic carbocycles. The number of rotatable bonds is 10. The first-order valence-electron chi connectivity index (χ1n) is 11.7. The maximum Gasteiger partial charge on any atom is 0.407 e. The third-order valence-corrected chi connectivity index (χ3v) is 7.35. The molecule has 0 aliphatic carbocycles. The number of nitriles is 1. The van der Waals surface area contributed by atoms with Crippen LogP contribution in [0.15, 0.2) is 65.0 Å². The first kappa shape index (κ1) is 28.8. The van der Waals surface area contributed by atoms with E-state index in [9.17, 15) is 23.3 Å². The van der Waals surface area contributed by atoms with E-state index in [1.54, 1.807) is 56.6 Å². The third-order valence-electron chi connectivity index (χ3n) is 4.99. The molecule has 12 heteroatoms. The molecule has 2 amide bonds. The van der Waals surface area contributed by atoms with Gasteiger partial charge in [0, 0.05) is 30.2 Å². The summed E-state index contributed by atoms with van der Waals surface area (Å²) in [7, 11) is -4.00. The summed E-state index contributed by atoms with van der Waals surface area (Å²) in [5.41, 5.74) is 0.912. The molecule has 200 valence electrons. The van der Waals surface area contributed by atoms with Gasteiger partial charge in [0.05, 0.1) is 22.6 Å². The highest BCUT2D eigenvalue weighted by molar-refractivity contribution is 7.89. The van der Waals surface area contributed by atoms with Gasteiger partial charge in [0.2, 0.25) is 15.9 Å². The van der Waals surface area contributed by atoms with E-state index in [0.717, 1.165) is 5.56 Å². The molecule has 38 heavy (non-hydrogen) atoms. The standard InChI is InChI=1S/C26H29N5O5S2/c1-26(2,3)36-25(33)29-11-10-23(32)30-20-8-5-9-21(16-20)38(34,35)31-22(24-28-12-13-37-24)15-18-6-4-7-19(14-18)17-27/h4-9,12-14,16,22,31H,10-11,15H2,1-3H3,(H,29,33)(H,30,32). The monoisotopic (exact) mass is 555 g/mol. The molecular formula is C26H29N5O5S2. The molecule has 1 unspecified atom stereocenters. The van der Waals surface area contributed by atoms with Gasteiger partial charge in [-0.1, -0.05) is 18.2 Å². The molecule has 3 N–H and O–H groups in total. The molecule has 3 aromatic rings. The lowest BCUT2D eigenvalue weighted by atomic mass is 10.0. The van der Waals surface area contributed by atoms with Gasteiger partial charge in [0.1, 0.15) is 10.6 Å². The van der Waals surface area contributed by atoms with E-state index >= 15 is 0 Å². The van der Waals surface area contributed by atoms with Gasteiger partial charge in [-0.2, -0.15) is 5.26 Å². The highest BCUT2D eigenvalue weighted by Gasteiger charge is 2.24. The molecule has 0 radical (unpaired) electrons. The fourth-order valence-electron chi connectivity index (χ4n) is 3.40. The van der Waals surface area contributed by atoms with Crippen LogP contribution in [0.25, 0.3) is 0 Å². The van der Waals surface area contributed by atoms with Crippen LogP contribution < -0.4 is 15.4 Å². The number of nitrogens with zero attached hydrogens (tertiary/aromatic N) is 2. The van der Waals surface area contributed by atoms with Crippen LogP contribution in [0.4, 0.5) is 10.5 Å². The van der Waals surface area contributed by atoms with Gasteiger partial charge < -0.3 is 15.4 Å². The van der Waals surface area contributed by atoms with Crippen LogP contribution in [0.3, 0.4) is 0 Å². The van der Waals surface area contributed by atoms with E-state index in [4.69, 9.17) is 4.74 Å². The van der Waals surface area contributed by atoms with Gasteiger partial charge in [0.15, 0.2) is 0 Å². The van der Waals surface area contributed by atoms with Gasteiger partial charge in [-0.25, -0.2) is 22.9 Å². The Morgan fingerprint density at radius 3 is 2.61 bits per heavy atom. The Morgan fingerprint density at radius 2 is 1.92 bits per heavy atom. The van der Waals surface area contributed by atoms with Gasteiger partial charge in [-0.15, -0.1) is 11.3 Å². The number of nitrogens with one attached hydrogen (secondary N) is 3. The fraction of sp³-hybridized carbons (Fsp3) is 0.308. The number of aromatic nitrogens is 1. The summed E-state index contributed by atoms with van der Waals surface area (Å²) in [6, 6.07) is 14.3. The number of carbonyl (C=O) groups excluding carboxylic acids is 2. The molecule has 0 aliphatic heterocycles. The number of amides is 2. The number of sulfonamides is 1. The summed E-state index contributed by atoms with van der Waals surface area (Å²) >= 11 is 1.32. The van der Waals surface area contributed by atoms with Gasteiger partial charge in [-0.05, 0) is 63.1 Å². The van der Waals surface area contributed by atoms with Crippen LogP contribution >= 0.6 is 11.3 Å². The summed E-state index contributed by atoms with van der Waals surface area (Å²) < 4.78 is 34.4. The third kappa shape index (κ3) is 8.95. The molecule has 1 aromatic heterocycles.